The van der Waals surface area contributed by atoms with Gasteiger partial charge in [0.05, 0.1) is 20.8 Å². The maximum atomic E-state index is 12.8. The van der Waals surface area contributed by atoms with E-state index < -0.39 is 5.60 Å². The number of hydrogen-bond donors (Lipinski definition) is 2. The third-order valence-corrected chi connectivity index (χ3v) is 7.12. The number of carbonyl (C=O) groups excluding carboxylic acids is 1. The molecular weight excluding hydrogens is 394 g/mol. The Morgan fingerprint density at radius 2 is 1.90 bits per heavy atom. The fraction of sp³-hybridized carbons (Fsp3) is 0.458. The smallest absolute Gasteiger partial charge is 0.274 e. The van der Waals surface area contributed by atoms with E-state index in [1.165, 1.54) is 30.7 Å². The lowest BCUT2D eigenvalue weighted by Crippen LogP contribution is -2.21. The van der Waals surface area contributed by atoms with Crippen LogP contribution in [0.4, 0.5) is 5.69 Å². The summed E-state index contributed by atoms with van der Waals surface area (Å²) in [5.41, 5.74) is 2.19. The normalized spacial score (nSPS) is 19.8. The van der Waals surface area contributed by atoms with Gasteiger partial charge in [-0.2, -0.15) is 0 Å². The van der Waals surface area contributed by atoms with Crippen molar-refractivity contribution >= 4 is 33.1 Å². The summed E-state index contributed by atoms with van der Waals surface area (Å²) in [6.45, 7) is 7.63. The van der Waals surface area contributed by atoms with Crippen LogP contribution in [0.5, 0.6) is 0 Å². The summed E-state index contributed by atoms with van der Waals surface area (Å²) in [7, 11) is 0. The largest absolute Gasteiger partial charge is 0.386 e. The quantitative estimate of drug-likeness (QED) is 0.558. The van der Waals surface area contributed by atoms with Gasteiger partial charge in [0, 0.05) is 22.9 Å². The van der Waals surface area contributed by atoms with Crippen LogP contribution in [-0.4, -0.2) is 21.0 Å². The van der Waals surface area contributed by atoms with Crippen LogP contribution in [-0.2, 0) is 5.60 Å². The van der Waals surface area contributed by atoms with E-state index in [0.29, 0.717) is 22.9 Å². The Morgan fingerprint density at radius 1 is 1.17 bits per heavy atom. The minimum atomic E-state index is -1.11. The topological polar surface area (TPSA) is 75.1 Å². The zero-order chi connectivity index (χ0) is 21.5. The number of nitrogens with one attached hydrogen (secondary N) is 1. The molecule has 0 spiro atoms. The van der Waals surface area contributed by atoms with Crippen LogP contribution in [0.1, 0.15) is 79.1 Å². The van der Waals surface area contributed by atoms with Gasteiger partial charge in [-0.25, -0.2) is 9.97 Å². The van der Waals surface area contributed by atoms with E-state index >= 15 is 0 Å². The number of anilines is 1. The monoisotopic (exact) mass is 423 g/mol. The third-order valence-electron chi connectivity index (χ3n) is 5.94. The van der Waals surface area contributed by atoms with Gasteiger partial charge in [-0.3, -0.25) is 4.79 Å². The Hall–Kier alpha value is -2.31. The zero-order valence-corrected chi connectivity index (χ0v) is 18.8. The second-order valence-corrected chi connectivity index (χ2v) is 10.1. The molecule has 0 saturated heterocycles. The highest BCUT2D eigenvalue weighted by Crippen LogP contribution is 2.41. The van der Waals surface area contributed by atoms with Crippen molar-refractivity contribution in [3.8, 4) is 0 Å². The Balaban J connectivity index is 1.69. The average Bonchev–Trinajstić information content (AvgIpc) is 3.10. The molecule has 0 atom stereocenters. The fourth-order valence-electron chi connectivity index (χ4n) is 4.14. The first kappa shape index (κ1) is 20.9. The number of thiazole rings is 1. The number of rotatable bonds is 4. The van der Waals surface area contributed by atoms with Crippen LogP contribution in [0.2, 0.25) is 0 Å². The van der Waals surface area contributed by atoms with Gasteiger partial charge in [0.2, 0.25) is 0 Å². The SMILES string of the molecule is Cc1cccc(C(=O)Nc2cc3sc([C@H]4CC[C@H](C)CC4)nc3cc2C(C)(C)O)n1. The molecule has 1 aromatic carbocycles. The Morgan fingerprint density at radius 3 is 2.57 bits per heavy atom. The molecule has 6 heteroatoms. The predicted octanol–water partition coefficient (Wildman–Crippen LogP) is 5.77. The molecule has 30 heavy (non-hydrogen) atoms. The summed E-state index contributed by atoms with van der Waals surface area (Å²) in [5.74, 6) is 1.03. The van der Waals surface area contributed by atoms with Crippen LogP contribution < -0.4 is 5.32 Å². The zero-order valence-electron chi connectivity index (χ0n) is 18.0. The summed E-state index contributed by atoms with van der Waals surface area (Å²) in [6.07, 6.45) is 4.87. The molecule has 0 unspecified atom stereocenters. The van der Waals surface area contributed by atoms with Crippen molar-refractivity contribution in [2.45, 2.75) is 64.9 Å². The molecule has 2 N–H and O–H groups in total. The number of aryl methyl sites for hydroxylation is 1. The number of fused-ring (bicyclic) bond motifs is 1. The summed E-state index contributed by atoms with van der Waals surface area (Å²) >= 11 is 1.70. The molecule has 2 aromatic heterocycles. The van der Waals surface area contributed by atoms with E-state index in [1.807, 2.05) is 31.2 Å². The minimum Gasteiger partial charge on any atom is -0.386 e. The number of benzene rings is 1. The van der Waals surface area contributed by atoms with E-state index in [2.05, 4.69) is 17.2 Å². The first-order valence-electron chi connectivity index (χ1n) is 10.6. The highest BCUT2D eigenvalue weighted by Gasteiger charge is 2.26. The van der Waals surface area contributed by atoms with Gasteiger partial charge in [-0.1, -0.05) is 25.8 Å². The third kappa shape index (κ3) is 4.40. The summed E-state index contributed by atoms with van der Waals surface area (Å²) < 4.78 is 1.03. The first-order chi connectivity index (χ1) is 14.2. The van der Waals surface area contributed by atoms with Gasteiger partial charge in [0.1, 0.15) is 5.69 Å². The maximum Gasteiger partial charge on any atom is 0.274 e. The van der Waals surface area contributed by atoms with Crippen LogP contribution in [0, 0.1) is 12.8 Å². The van der Waals surface area contributed by atoms with Gasteiger partial charge in [-0.15, -0.1) is 11.3 Å². The van der Waals surface area contributed by atoms with Crippen molar-refractivity contribution in [2.24, 2.45) is 5.92 Å². The molecule has 1 fully saturated rings. The maximum absolute atomic E-state index is 12.8. The molecule has 5 nitrogen and oxygen atoms in total. The number of hydrogen-bond acceptors (Lipinski definition) is 5. The fourth-order valence-corrected chi connectivity index (χ4v) is 5.30. The second-order valence-electron chi connectivity index (χ2n) is 9.05. The van der Waals surface area contributed by atoms with Gasteiger partial charge in [-0.05, 0) is 63.8 Å². The summed E-state index contributed by atoms with van der Waals surface area (Å²) in [4.78, 5) is 22.0. The number of amides is 1. The van der Waals surface area contributed by atoms with Gasteiger partial charge < -0.3 is 10.4 Å². The van der Waals surface area contributed by atoms with Crippen molar-refractivity contribution in [3.63, 3.8) is 0 Å². The van der Waals surface area contributed by atoms with E-state index in [0.717, 1.165) is 21.8 Å². The number of nitrogens with zero attached hydrogens (tertiary/aromatic N) is 2. The van der Waals surface area contributed by atoms with Gasteiger partial charge >= 0.3 is 0 Å². The van der Waals surface area contributed by atoms with Crippen molar-refractivity contribution < 1.29 is 9.90 Å². The Labute approximate surface area is 181 Å². The van der Waals surface area contributed by atoms with Gasteiger partial charge in [0.25, 0.3) is 5.91 Å². The summed E-state index contributed by atoms with van der Waals surface area (Å²) in [5, 5.41) is 14.9. The lowest BCUT2D eigenvalue weighted by Gasteiger charge is -2.24. The first-order valence-corrected chi connectivity index (χ1v) is 11.4. The molecular formula is C24H29N3O2S. The van der Waals surface area contributed by atoms with E-state index in [-0.39, 0.29) is 5.91 Å². The lowest BCUT2D eigenvalue weighted by atomic mass is 9.83. The molecule has 1 saturated carbocycles. The molecule has 0 bridgehead atoms. The van der Waals surface area contributed by atoms with Crippen molar-refractivity contribution in [1.29, 1.82) is 0 Å². The van der Waals surface area contributed by atoms with Crippen molar-refractivity contribution in [3.05, 3.63) is 52.3 Å². The summed E-state index contributed by atoms with van der Waals surface area (Å²) in [6, 6.07) is 9.23. The van der Waals surface area contributed by atoms with Crippen LogP contribution in [0.25, 0.3) is 10.2 Å². The minimum absolute atomic E-state index is 0.283. The molecule has 1 aliphatic rings. The Bertz CT molecular complexity index is 1080. The van der Waals surface area contributed by atoms with Gasteiger partial charge in [0.15, 0.2) is 0 Å². The van der Waals surface area contributed by atoms with Crippen molar-refractivity contribution in [1.82, 2.24) is 9.97 Å². The molecule has 1 amide bonds. The van der Waals surface area contributed by atoms with E-state index in [1.54, 1.807) is 31.3 Å². The molecule has 2 heterocycles. The van der Waals surface area contributed by atoms with Crippen LogP contribution in [0.15, 0.2) is 30.3 Å². The van der Waals surface area contributed by atoms with E-state index in [4.69, 9.17) is 4.98 Å². The number of aliphatic hydroxyl groups is 1. The van der Waals surface area contributed by atoms with Crippen LogP contribution in [0.3, 0.4) is 0 Å². The number of pyridine rings is 1. The standard InChI is InChI=1S/C24H29N3O2S/c1-14-8-10-16(11-9-14)23-27-20-12-17(24(3,4)29)19(13-21(20)30-23)26-22(28)18-7-5-6-15(2)25-18/h5-7,12-14,16,29H,8-11H2,1-4H3,(H,26,28)/t14-,16-. The molecule has 0 radical (unpaired) electrons. The highest BCUT2D eigenvalue weighted by molar-refractivity contribution is 7.18. The lowest BCUT2D eigenvalue weighted by molar-refractivity contribution is 0.0794. The van der Waals surface area contributed by atoms with Crippen molar-refractivity contribution in [2.75, 3.05) is 5.32 Å². The Kier molecular flexibility index (Phi) is 5.64. The van der Waals surface area contributed by atoms with E-state index in [9.17, 15) is 9.90 Å². The molecule has 3 aromatic rings. The predicted molar refractivity (Wildman–Crippen MR) is 122 cm³/mol. The average molecular weight is 424 g/mol. The molecule has 1 aliphatic carbocycles. The number of aromatic nitrogens is 2. The molecule has 4 rings (SSSR count). The molecule has 0 aliphatic heterocycles. The molecule has 158 valence electrons. The highest BCUT2D eigenvalue weighted by atomic mass is 32.1. The second kappa shape index (κ2) is 8.08. The van der Waals surface area contributed by atoms with Crippen LogP contribution >= 0.6 is 11.3 Å². The number of carbonyl (C=O) groups is 1.